The largest absolute Gasteiger partial charge is 0.372 e. The number of ether oxygens (including phenoxy) is 1. The highest BCUT2D eigenvalue weighted by atomic mass is 16.5. The molecular formula is C19H25N3O2. The van der Waals surface area contributed by atoms with Crippen molar-refractivity contribution < 1.29 is 9.53 Å². The van der Waals surface area contributed by atoms with E-state index in [4.69, 9.17) is 4.74 Å². The van der Waals surface area contributed by atoms with Gasteiger partial charge < -0.3 is 14.2 Å². The number of aryl methyl sites for hydroxylation is 1. The molecule has 0 spiro atoms. The number of rotatable bonds is 3. The molecule has 0 saturated carbocycles. The Morgan fingerprint density at radius 2 is 1.96 bits per heavy atom. The third kappa shape index (κ3) is 3.36. The zero-order valence-corrected chi connectivity index (χ0v) is 14.8. The second-order valence-electron chi connectivity index (χ2n) is 6.66. The average Bonchev–Trinajstić information content (AvgIpc) is 2.82. The Hall–Kier alpha value is -2.14. The van der Waals surface area contributed by atoms with Crippen molar-refractivity contribution in [2.45, 2.75) is 46.4 Å². The zero-order valence-electron chi connectivity index (χ0n) is 14.8. The molecule has 0 N–H and O–H groups in total. The van der Waals surface area contributed by atoms with Crippen molar-refractivity contribution in [1.29, 1.82) is 0 Å². The Bertz CT molecular complexity index is 714. The summed E-state index contributed by atoms with van der Waals surface area (Å²) in [5.74, 6) is 0.0948. The average molecular weight is 327 g/mol. The fourth-order valence-electron chi connectivity index (χ4n) is 3.43. The highest BCUT2D eigenvalue weighted by Crippen LogP contribution is 2.21. The minimum absolute atomic E-state index is 0.0784. The minimum atomic E-state index is 0.0784. The third-order valence-corrected chi connectivity index (χ3v) is 4.56. The van der Waals surface area contributed by atoms with Crippen LogP contribution in [0.4, 0.5) is 0 Å². The van der Waals surface area contributed by atoms with E-state index in [-0.39, 0.29) is 18.1 Å². The lowest BCUT2D eigenvalue weighted by molar-refractivity contribution is -0.0586. The Balaban J connectivity index is 1.84. The van der Waals surface area contributed by atoms with Crippen LogP contribution >= 0.6 is 0 Å². The SMILES string of the molecule is Cc1cc(C(=O)N2CC(C)OC(C)C2)c(C)n1Cc1ccccn1. The summed E-state index contributed by atoms with van der Waals surface area (Å²) in [4.78, 5) is 19.3. The van der Waals surface area contributed by atoms with Crippen LogP contribution in [0.25, 0.3) is 0 Å². The number of aromatic nitrogens is 2. The molecule has 2 aromatic rings. The number of hydrogen-bond donors (Lipinski definition) is 0. The van der Waals surface area contributed by atoms with Crippen LogP contribution < -0.4 is 0 Å². The summed E-state index contributed by atoms with van der Waals surface area (Å²) in [6.45, 7) is 10.1. The fraction of sp³-hybridized carbons (Fsp3) is 0.474. The molecule has 5 heteroatoms. The number of nitrogens with zero attached hydrogens (tertiary/aromatic N) is 3. The van der Waals surface area contributed by atoms with Crippen LogP contribution in [0, 0.1) is 13.8 Å². The summed E-state index contributed by atoms with van der Waals surface area (Å²) in [6, 6.07) is 7.89. The van der Waals surface area contributed by atoms with E-state index >= 15 is 0 Å². The van der Waals surface area contributed by atoms with Gasteiger partial charge in [-0.3, -0.25) is 9.78 Å². The van der Waals surface area contributed by atoms with Gasteiger partial charge in [0.15, 0.2) is 0 Å². The lowest BCUT2D eigenvalue weighted by Gasteiger charge is -2.35. The number of carbonyl (C=O) groups excluding carboxylic acids is 1. The standard InChI is InChI=1S/C19H25N3O2/c1-13-9-18(19(23)21-10-14(2)24-15(3)11-21)16(4)22(13)12-17-7-5-6-8-20-17/h5-9,14-15H,10-12H2,1-4H3. The second-order valence-corrected chi connectivity index (χ2v) is 6.66. The van der Waals surface area contributed by atoms with Crippen molar-refractivity contribution in [1.82, 2.24) is 14.5 Å². The Kier molecular flexibility index (Phi) is 4.71. The van der Waals surface area contributed by atoms with E-state index in [0.29, 0.717) is 19.6 Å². The molecular weight excluding hydrogens is 302 g/mol. The number of hydrogen-bond acceptors (Lipinski definition) is 3. The Morgan fingerprint density at radius 3 is 2.58 bits per heavy atom. The molecule has 0 bridgehead atoms. The summed E-state index contributed by atoms with van der Waals surface area (Å²) in [5.41, 5.74) is 3.85. The van der Waals surface area contributed by atoms with Gasteiger partial charge in [0.25, 0.3) is 5.91 Å². The first-order valence-electron chi connectivity index (χ1n) is 8.47. The summed E-state index contributed by atoms with van der Waals surface area (Å²) in [6.07, 6.45) is 1.95. The maximum absolute atomic E-state index is 13.0. The molecule has 0 aromatic carbocycles. The molecule has 128 valence electrons. The van der Waals surface area contributed by atoms with E-state index in [0.717, 1.165) is 22.6 Å². The van der Waals surface area contributed by atoms with Gasteiger partial charge in [0.1, 0.15) is 0 Å². The summed E-state index contributed by atoms with van der Waals surface area (Å²) >= 11 is 0. The maximum Gasteiger partial charge on any atom is 0.255 e. The van der Waals surface area contributed by atoms with Gasteiger partial charge in [-0.05, 0) is 45.9 Å². The highest BCUT2D eigenvalue weighted by Gasteiger charge is 2.28. The molecule has 1 fully saturated rings. The Morgan fingerprint density at radius 1 is 1.25 bits per heavy atom. The van der Waals surface area contributed by atoms with E-state index in [1.807, 2.05) is 56.9 Å². The third-order valence-electron chi connectivity index (χ3n) is 4.56. The predicted octanol–water partition coefficient (Wildman–Crippen LogP) is 2.80. The highest BCUT2D eigenvalue weighted by molar-refractivity contribution is 5.95. The molecule has 2 unspecified atom stereocenters. The predicted molar refractivity (Wildman–Crippen MR) is 93.2 cm³/mol. The molecule has 2 aromatic heterocycles. The van der Waals surface area contributed by atoms with Gasteiger partial charge in [-0.15, -0.1) is 0 Å². The van der Waals surface area contributed by atoms with Crippen molar-refractivity contribution in [3.63, 3.8) is 0 Å². The smallest absolute Gasteiger partial charge is 0.255 e. The molecule has 1 saturated heterocycles. The van der Waals surface area contributed by atoms with Crippen LogP contribution in [-0.2, 0) is 11.3 Å². The molecule has 5 nitrogen and oxygen atoms in total. The first kappa shape index (κ1) is 16.7. The number of pyridine rings is 1. The molecule has 0 radical (unpaired) electrons. The van der Waals surface area contributed by atoms with Gasteiger partial charge in [-0.1, -0.05) is 6.07 Å². The van der Waals surface area contributed by atoms with Gasteiger partial charge in [-0.2, -0.15) is 0 Å². The van der Waals surface area contributed by atoms with Crippen molar-refractivity contribution in [2.24, 2.45) is 0 Å². The summed E-state index contributed by atoms with van der Waals surface area (Å²) < 4.78 is 7.89. The monoisotopic (exact) mass is 327 g/mol. The lowest BCUT2D eigenvalue weighted by atomic mass is 10.1. The van der Waals surface area contributed by atoms with E-state index < -0.39 is 0 Å². The second kappa shape index (κ2) is 6.77. The molecule has 2 atom stereocenters. The van der Waals surface area contributed by atoms with Crippen LogP contribution in [0.2, 0.25) is 0 Å². The summed E-state index contributed by atoms with van der Waals surface area (Å²) in [5, 5.41) is 0. The molecule has 3 rings (SSSR count). The zero-order chi connectivity index (χ0) is 17.3. The van der Waals surface area contributed by atoms with Crippen molar-refractivity contribution in [3.8, 4) is 0 Å². The van der Waals surface area contributed by atoms with E-state index in [2.05, 4.69) is 9.55 Å². The van der Waals surface area contributed by atoms with Crippen molar-refractivity contribution in [3.05, 3.63) is 53.1 Å². The first-order valence-corrected chi connectivity index (χ1v) is 8.47. The molecule has 1 amide bonds. The van der Waals surface area contributed by atoms with E-state index in [1.165, 1.54) is 0 Å². The van der Waals surface area contributed by atoms with Gasteiger partial charge in [0.2, 0.25) is 0 Å². The van der Waals surface area contributed by atoms with Gasteiger partial charge in [0.05, 0.1) is 30.0 Å². The number of amides is 1. The van der Waals surface area contributed by atoms with Crippen LogP contribution in [0.5, 0.6) is 0 Å². The molecule has 0 aliphatic carbocycles. The number of carbonyl (C=O) groups is 1. The normalized spacial score (nSPS) is 21.1. The van der Waals surface area contributed by atoms with Crippen molar-refractivity contribution in [2.75, 3.05) is 13.1 Å². The lowest BCUT2D eigenvalue weighted by Crippen LogP contribution is -2.48. The molecule has 3 heterocycles. The van der Waals surface area contributed by atoms with Gasteiger partial charge in [-0.25, -0.2) is 0 Å². The fourth-order valence-corrected chi connectivity index (χ4v) is 3.43. The minimum Gasteiger partial charge on any atom is -0.372 e. The number of morpholine rings is 1. The van der Waals surface area contributed by atoms with E-state index in [1.54, 1.807) is 6.20 Å². The van der Waals surface area contributed by atoms with Crippen LogP contribution in [0.15, 0.2) is 30.5 Å². The van der Waals surface area contributed by atoms with Crippen LogP contribution in [-0.4, -0.2) is 45.7 Å². The topological polar surface area (TPSA) is 47.4 Å². The van der Waals surface area contributed by atoms with Crippen molar-refractivity contribution >= 4 is 5.91 Å². The first-order chi connectivity index (χ1) is 11.5. The molecule has 1 aliphatic heterocycles. The molecule has 1 aliphatic rings. The summed E-state index contributed by atoms with van der Waals surface area (Å²) in [7, 11) is 0. The maximum atomic E-state index is 13.0. The van der Waals surface area contributed by atoms with Crippen LogP contribution in [0.1, 0.15) is 41.3 Å². The van der Waals surface area contributed by atoms with Gasteiger partial charge in [0, 0.05) is 30.7 Å². The quantitative estimate of drug-likeness (QED) is 0.871. The molecule has 24 heavy (non-hydrogen) atoms. The van der Waals surface area contributed by atoms with E-state index in [9.17, 15) is 4.79 Å². The van der Waals surface area contributed by atoms with Gasteiger partial charge >= 0.3 is 0 Å². The van der Waals surface area contributed by atoms with Crippen LogP contribution in [0.3, 0.4) is 0 Å². The Labute approximate surface area is 143 Å².